The first kappa shape index (κ1) is 11.6. The number of rotatable bonds is 3. The summed E-state index contributed by atoms with van der Waals surface area (Å²) < 4.78 is 0. The highest BCUT2D eigenvalue weighted by atomic mass is 16.2. The van der Waals surface area contributed by atoms with Crippen molar-refractivity contribution in [1.29, 1.82) is 0 Å². The maximum Gasteiger partial charge on any atom is 0.267 e. The third-order valence-electron chi connectivity index (χ3n) is 2.99. The van der Waals surface area contributed by atoms with E-state index in [1.165, 1.54) is 6.92 Å². The molecule has 0 saturated heterocycles. The van der Waals surface area contributed by atoms with E-state index in [1.54, 1.807) is 4.90 Å². The van der Waals surface area contributed by atoms with Crippen molar-refractivity contribution in [3.05, 3.63) is 21.6 Å². The molecule has 92 valence electrons. The van der Waals surface area contributed by atoms with Gasteiger partial charge in [-0.2, -0.15) is 0 Å². The second kappa shape index (κ2) is 4.57. The van der Waals surface area contributed by atoms with Gasteiger partial charge in [0.2, 0.25) is 5.91 Å². The quantitative estimate of drug-likeness (QED) is 0.773. The van der Waals surface area contributed by atoms with E-state index in [2.05, 4.69) is 10.2 Å². The fraction of sp³-hybridized carbons (Fsp3) is 0.545. The molecule has 6 nitrogen and oxygen atoms in total. The number of hydrogen-bond donors (Lipinski definition) is 2. The van der Waals surface area contributed by atoms with Crippen LogP contribution in [0, 0.1) is 0 Å². The van der Waals surface area contributed by atoms with Crippen LogP contribution in [0.5, 0.6) is 0 Å². The van der Waals surface area contributed by atoms with Crippen molar-refractivity contribution in [3.8, 4) is 0 Å². The minimum absolute atomic E-state index is 0.0195. The highest BCUT2D eigenvalue weighted by Crippen LogP contribution is 2.14. The van der Waals surface area contributed by atoms with Gasteiger partial charge in [0, 0.05) is 24.9 Å². The van der Waals surface area contributed by atoms with Crippen LogP contribution in [0.3, 0.4) is 0 Å². The number of hydrogen-bond acceptors (Lipinski definition) is 3. The van der Waals surface area contributed by atoms with Crippen molar-refractivity contribution in [3.63, 3.8) is 0 Å². The number of aromatic nitrogens is 2. The number of amides is 1. The number of carbonyl (C=O) groups excluding carboxylic acids is 2. The Hall–Kier alpha value is -1.85. The SMILES string of the molecule is CC(=O)CCC(=O)N1CCc2c([nH][nH]c2=O)C1. The third kappa shape index (κ3) is 2.46. The first-order valence-electron chi connectivity index (χ1n) is 5.63. The Labute approximate surface area is 98.0 Å². The summed E-state index contributed by atoms with van der Waals surface area (Å²) in [7, 11) is 0. The zero-order valence-electron chi connectivity index (χ0n) is 9.71. The summed E-state index contributed by atoms with van der Waals surface area (Å²) in [6, 6.07) is 0. The zero-order chi connectivity index (χ0) is 12.4. The normalized spacial score (nSPS) is 14.5. The standard InChI is InChI=1S/C11H15N3O3/c1-7(15)2-3-10(16)14-5-4-8-9(6-14)12-13-11(8)17/h2-6H2,1H3,(H2,12,13,17). The van der Waals surface area contributed by atoms with Gasteiger partial charge in [-0.3, -0.25) is 14.7 Å². The predicted molar refractivity (Wildman–Crippen MR) is 60.4 cm³/mol. The molecular weight excluding hydrogens is 222 g/mol. The monoisotopic (exact) mass is 237 g/mol. The summed E-state index contributed by atoms with van der Waals surface area (Å²) in [5, 5.41) is 5.29. The highest BCUT2D eigenvalue weighted by molar-refractivity contribution is 5.83. The van der Waals surface area contributed by atoms with Gasteiger partial charge in [-0.15, -0.1) is 0 Å². The van der Waals surface area contributed by atoms with Gasteiger partial charge in [-0.05, 0) is 13.3 Å². The number of ketones is 1. The molecule has 0 radical (unpaired) electrons. The second-order valence-electron chi connectivity index (χ2n) is 4.30. The highest BCUT2D eigenvalue weighted by Gasteiger charge is 2.23. The summed E-state index contributed by atoms with van der Waals surface area (Å²) in [5.41, 5.74) is 1.41. The minimum Gasteiger partial charge on any atom is -0.336 e. The molecule has 6 heteroatoms. The molecule has 1 amide bonds. The first-order chi connectivity index (χ1) is 8.08. The fourth-order valence-electron chi connectivity index (χ4n) is 1.99. The molecule has 1 aliphatic rings. The molecule has 0 fully saturated rings. The van der Waals surface area contributed by atoms with E-state index in [1.807, 2.05) is 0 Å². The molecule has 2 N–H and O–H groups in total. The Morgan fingerprint density at radius 3 is 2.76 bits per heavy atom. The number of H-pyrrole nitrogens is 2. The number of Topliss-reactive ketones (excluding diaryl/α,β-unsaturated/α-hetero) is 1. The lowest BCUT2D eigenvalue weighted by Crippen LogP contribution is -2.36. The molecule has 0 aliphatic carbocycles. The fourth-order valence-corrected chi connectivity index (χ4v) is 1.99. The zero-order valence-corrected chi connectivity index (χ0v) is 9.71. The smallest absolute Gasteiger partial charge is 0.267 e. The van der Waals surface area contributed by atoms with E-state index >= 15 is 0 Å². The maximum atomic E-state index is 11.8. The van der Waals surface area contributed by atoms with Crippen LogP contribution >= 0.6 is 0 Å². The molecule has 0 aromatic carbocycles. The van der Waals surface area contributed by atoms with E-state index in [0.717, 1.165) is 11.3 Å². The maximum absolute atomic E-state index is 11.8. The Morgan fingerprint density at radius 2 is 2.06 bits per heavy atom. The van der Waals surface area contributed by atoms with E-state index in [0.29, 0.717) is 19.5 Å². The van der Waals surface area contributed by atoms with Gasteiger partial charge in [0.05, 0.1) is 12.2 Å². The lowest BCUT2D eigenvalue weighted by atomic mass is 10.1. The van der Waals surface area contributed by atoms with E-state index in [9.17, 15) is 14.4 Å². The van der Waals surface area contributed by atoms with Crippen molar-refractivity contribution in [1.82, 2.24) is 15.1 Å². The lowest BCUT2D eigenvalue weighted by Gasteiger charge is -2.26. The van der Waals surface area contributed by atoms with Crippen LogP contribution in [0.15, 0.2) is 4.79 Å². The van der Waals surface area contributed by atoms with Crippen molar-refractivity contribution in [2.75, 3.05) is 6.54 Å². The number of aromatic amines is 2. The minimum atomic E-state index is -0.101. The number of fused-ring (bicyclic) bond motifs is 1. The van der Waals surface area contributed by atoms with Gasteiger partial charge in [0.15, 0.2) is 0 Å². The van der Waals surface area contributed by atoms with Gasteiger partial charge >= 0.3 is 0 Å². The molecule has 0 unspecified atom stereocenters. The molecule has 1 aliphatic heterocycles. The molecule has 0 spiro atoms. The molecule has 0 bridgehead atoms. The van der Waals surface area contributed by atoms with Gasteiger partial charge in [-0.25, -0.2) is 0 Å². The molecule has 2 rings (SSSR count). The van der Waals surface area contributed by atoms with Crippen LogP contribution in [0.25, 0.3) is 0 Å². The van der Waals surface area contributed by atoms with Gasteiger partial charge < -0.3 is 14.8 Å². The molecule has 1 aromatic rings. The van der Waals surface area contributed by atoms with Crippen LogP contribution < -0.4 is 5.56 Å². The van der Waals surface area contributed by atoms with Gasteiger partial charge in [0.25, 0.3) is 5.56 Å². The van der Waals surface area contributed by atoms with Crippen LogP contribution in [0.4, 0.5) is 0 Å². The molecule has 1 aromatic heterocycles. The Morgan fingerprint density at radius 1 is 1.29 bits per heavy atom. The van der Waals surface area contributed by atoms with Gasteiger partial charge in [0.1, 0.15) is 5.78 Å². The molecular formula is C11H15N3O3. The summed E-state index contributed by atoms with van der Waals surface area (Å²) in [4.78, 5) is 35.6. The van der Waals surface area contributed by atoms with Crippen LogP contribution in [0.2, 0.25) is 0 Å². The number of carbonyl (C=O) groups is 2. The summed E-state index contributed by atoms with van der Waals surface area (Å²) in [5.74, 6) is -0.0148. The van der Waals surface area contributed by atoms with E-state index < -0.39 is 0 Å². The van der Waals surface area contributed by atoms with Crippen molar-refractivity contribution >= 4 is 11.7 Å². The summed E-state index contributed by atoms with van der Waals surface area (Å²) >= 11 is 0. The van der Waals surface area contributed by atoms with Gasteiger partial charge in [-0.1, -0.05) is 0 Å². The number of nitrogens with zero attached hydrogens (tertiary/aromatic N) is 1. The lowest BCUT2D eigenvalue weighted by molar-refractivity contribution is -0.133. The second-order valence-corrected chi connectivity index (χ2v) is 4.30. The third-order valence-corrected chi connectivity index (χ3v) is 2.99. The van der Waals surface area contributed by atoms with Crippen molar-refractivity contribution in [2.24, 2.45) is 0 Å². The summed E-state index contributed by atoms with van der Waals surface area (Å²) in [6.07, 6.45) is 1.10. The predicted octanol–water partition coefficient (Wildman–Crippen LogP) is -0.0431. The average Bonchev–Trinajstić information content (AvgIpc) is 2.67. The molecule has 0 saturated carbocycles. The van der Waals surface area contributed by atoms with Crippen molar-refractivity contribution < 1.29 is 9.59 Å². The average molecular weight is 237 g/mol. The van der Waals surface area contributed by atoms with E-state index in [4.69, 9.17) is 0 Å². The van der Waals surface area contributed by atoms with E-state index in [-0.39, 0.29) is 30.1 Å². The molecule has 2 heterocycles. The summed E-state index contributed by atoms with van der Waals surface area (Å²) in [6.45, 7) is 2.45. The molecule has 17 heavy (non-hydrogen) atoms. The van der Waals surface area contributed by atoms with Crippen LogP contribution in [-0.4, -0.2) is 33.3 Å². The van der Waals surface area contributed by atoms with Crippen LogP contribution in [-0.2, 0) is 22.6 Å². The van der Waals surface area contributed by atoms with Crippen LogP contribution in [0.1, 0.15) is 31.0 Å². The Kier molecular flexibility index (Phi) is 3.12. The Balaban J connectivity index is 2.00. The topological polar surface area (TPSA) is 86.0 Å². The first-order valence-corrected chi connectivity index (χ1v) is 5.63. The molecule has 0 atom stereocenters. The van der Waals surface area contributed by atoms with Crippen molar-refractivity contribution in [2.45, 2.75) is 32.7 Å². The Bertz CT molecular complexity index is 500. The number of nitrogens with one attached hydrogen (secondary N) is 2. The largest absolute Gasteiger partial charge is 0.336 e.